The number of rotatable bonds is 4. The molecule has 4 aliphatic carbocycles. The lowest BCUT2D eigenvalue weighted by Gasteiger charge is -2.68. The Balaban J connectivity index is 1.44. The van der Waals surface area contributed by atoms with Gasteiger partial charge >= 0.3 is 0 Å². The Morgan fingerprint density at radius 2 is 1.80 bits per heavy atom. The Morgan fingerprint density at radius 1 is 1.09 bits per heavy atom. The maximum atomic E-state index is 14.0. The molecule has 35 heavy (non-hydrogen) atoms. The van der Waals surface area contributed by atoms with E-state index in [0.717, 1.165) is 63.5 Å². The predicted molar refractivity (Wildman–Crippen MR) is 139 cm³/mol. The molecule has 4 aliphatic rings. The maximum absolute atomic E-state index is 14.0. The van der Waals surface area contributed by atoms with E-state index >= 15 is 0 Å². The molecule has 1 aromatic rings. The zero-order valence-electron chi connectivity index (χ0n) is 23.4. The van der Waals surface area contributed by atoms with Crippen molar-refractivity contribution in [1.82, 2.24) is 5.16 Å². The summed E-state index contributed by atoms with van der Waals surface area (Å²) in [6, 6.07) is 0. The predicted octanol–water partition coefficient (Wildman–Crippen LogP) is 7.27. The highest BCUT2D eigenvalue weighted by Gasteiger charge is 2.67. The van der Waals surface area contributed by atoms with Gasteiger partial charge in [0, 0.05) is 23.3 Å². The molecule has 0 bridgehead atoms. The topological polar surface area (TPSA) is 63.3 Å². The van der Waals surface area contributed by atoms with Crippen molar-refractivity contribution >= 4 is 5.78 Å². The van der Waals surface area contributed by atoms with Gasteiger partial charge in [0.2, 0.25) is 0 Å². The highest BCUT2D eigenvalue weighted by Crippen LogP contribution is 2.70. The van der Waals surface area contributed by atoms with Crippen LogP contribution in [0.15, 0.2) is 10.7 Å². The Morgan fingerprint density at radius 3 is 2.51 bits per heavy atom. The highest BCUT2D eigenvalue weighted by atomic mass is 16.5. The van der Waals surface area contributed by atoms with Crippen molar-refractivity contribution in [3.63, 3.8) is 0 Å². The molecule has 7 atom stereocenters. The molecule has 196 valence electrons. The Bertz CT molecular complexity index is 978. The zero-order chi connectivity index (χ0) is 25.4. The van der Waals surface area contributed by atoms with Gasteiger partial charge in [-0.1, -0.05) is 60.0 Å². The maximum Gasteiger partial charge on any atom is 0.145 e. The second-order valence-electron chi connectivity index (χ2n) is 14.9. The number of aromatic nitrogens is 1. The molecule has 0 radical (unpaired) electrons. The number of ketones is 1. The first kappa shape index (κ1) is 25.5. The SMILES string of the molecule is CCCc1cnoc1C(C)(C)[C@@H]1CC[C@]2(C)[C@H](CC(=O)C3C4CC(C)(C)CC[C@]4(O)CC[C@]32C)C1. The number of nitrogens with zero attached hydrogens (tertiary/aromatic N) is 1. The Hall–Kier alpha value is -1.16. The summed E-state index contributed by atoms with van der Waals surface area (Å²) >= 11 is 0. The summed E-state index contributed by atoms with van der Waals surface area (Å²) in [6.45, 7) is 16.5. The molecule has 1 N–H and O–H groups in total. The molecule has 0 aromatic carbocycles. The summed E-state index contributed by atoms with van der Waals surface area (Å²) in [5.41, 5.74) is 0.871. The van der Waals surface area contributed by atoms with Gasteiger partial charge in [-0.05, 0) is 91.8 Å². The normalized spacial score (nSPS) is 43.3. The lowest BCUT2D eigenvalue weighted by Crippen LogP contribution is -2.66. The van der Waals surface area contributed by atoms with Crippen molar-refractivity contribution < 1.29 is 14.4 Å². The summed E-state index contributed by atoms with van der Waals surface area (Å²) in [4.78, 5) is 14.0. The molecule has 4 heteroatoms. The third-order valence-corrected chi connectivity index (χ3v) is 12.2. The van der Waals surface area contributed by atoms with Crippen molar-refractivity contribution in [2.75, 3.05) is 0 Å². The fourth-order valence-corrected chi connectivity index (χ4v) is 9.57. The quantitative estimate of drug-likeness (QED) is 0.489. The molecule has 0 spiro atoms. The molecule has 1 aromatic heterocycles. The van der Waals surface area contributed by atoms with Gasteiger partial charge in [-0.3, -0.25) is 4.79 Å². The number of aryl methyl sites for hydroxylation is 1. The third kappa shape index (κ3) is 3.70. The summed E-state index contributed by atoms with van der Waals surface area (Å²) < 4.78 is 5.87. The zero-order valence-corrected chi connectivity index (χ0v) is 23.4. The fourth-order valence-electron chi connectivity index (χ4n) is 9.57. The summed E-state index contributed by atoms with van der Waals surface area (Å²) in [6.07, 6.45) is 12.9. The fraction of sp³-hybridized carbons (Fsp3) is 0.871. The van der Waals surface area contributed by atoms with Crippen LogP contribution in [0.5, 0.6) is 0 Å². The van der Waals surface area contributed by atoms with E-state index in [2.05, 4.69) is 53.6 Å². The van der Waals surface area contributed by atoms with Gasteiger partial charge in [0.15, 0.2) is 0 Å². The van der Waals surface area contributed by atoms with E-state index in [4.69, 9.17) is 4.52 Å². The van der Waals surface area contributed by atoms with Crippen LogP contribution in [0.3, 0.4) is 0 Å². The van der Waals surface area contributed by atoms with Crippen LogP contribution < -0.4 is 0 Å². The third-order valence-electron chi connectivity index (χ3n) is 12.2. The monoisotopic (exact) mass is 483 g/mol. The molecular weight excluding hydrogens is 434 g/mol. The van der Waals surface area contributed by atoms with Gasteiger partial charge in [0.05, 0.1) is 11.8 Å². The number of aliphatic hydroxyl groups is 1. The second kappa shape index (κ2) is 8.17. The van der Waals surface area contributed by atoms with Gasteiger partial charge in [-0.15, -0.1) is 0 Å². The molecule has 1 heterocycles. The number of carbonyl (C=O) groups excluding carboxylic acids is 1. The van der Waals surface area contributed by atoms with Crippen LogP contribution in [-0.2, 0) is 16.6 Å². The van der Waals surface area contributed by atoms with E-state index in [1.54, 1.807) is 0 Å². The van der Waals surface area contributed by atoms with Crippen LogP contribution in [0, 0.1) is 39.9 Å². The summed E-state index contributed by atoms with van der Waals surface area (Å²) in [5.74, 6) is 2.54. The standard InChI is InChI=1S/C31H49NO3/c1-8-9-20-19-32-35-26(20)28(4,5)21-10-11-29(6)22(16-21)17-24(33)25-23-18-27(2,3)12-14-31(23,34)15-13-30(25,29)7/h19,21-23,25,34H,8-18H2,1-7H3/t21-,22+,23?,25?,29-,30-,31+/m1/s1. The van der Waals surface area contributed by atoms with Crippen LogP contribution in [-0.4, -0.2) is 21.6 Å². The molecule has 0 aliphatic heterocycles. The highest BCUT2D eigenvalue weighted by molar-refractivity contribution is 5.84. The molecule has 0 saturated heterocycles. The molecule has 0 amide bonds. The number of Topliss-reactive ketones (excluding diaryl/α,β-unsaturated/α-hetero) is 1. The van der Waals surface area contributed by atoms with Crippen molar-refractivity contribution in [3.05, 3.63) is 17.5 Å². The minimum Gasteiger partial charge on any atom is -0.390 e. The minimum atomic E-state index is -0.639. The average molecular weight is 484 g/mol. The molecule has 4 nitrogen and oxygen atoms in total. The molecular formula is C31H49NO3. The van der Waals surface area contributed by atoms with E-state index in [9.17, 15) is 9.90 Å². The van der Waals surface area contributed by atoms with Crippen LogP contribution in [0.25, 0.3) is 0 Å². The van der Waals surface area contributed by atoms with E-state index in [-0.39, 0.29) is 33.5 Å². The van der Waals surface area contributed by atoms with Crippen molar-refractivity contribution in [2.24, 2.45) is 39.9 Å². The van der Waals surface area contributed by atoms with Gasteiger partial charge < -0.3 is 9.63 Å². The van der Waals surface area contributed by atoms with E-state index < -0.39 is 5.60 Å². The van der Waals surface area contributed by atoms with E-state index in [1.165, 1.54) is 12.0 Å². The van der Waals surface area contributed by atoms with Gasteiger partial charge in [-0.2, -0.15) is 0 Å². The van der Waals surface area contributed by atoms with Crippen LogP contribution >= 0.6 is 0 Å². The minimum absolute atomic E-state index is 0.0112. The number of hydrogen-bond donors (Lipinski definition) is 1. The average Bonchev–Trinajstić information content (AvgIpc) is 3.25. The van der Waals surface area contributed by atoms with Gasteiger partial charge in [-0.25, -0.2) is 0 Å². The first-order chi connectivity index (χ1) is 16.3. The van der Waals surface area contributed by atoms with Gasteiger partial charge in [0.1, 0.15) is 11.5 Å². The number of fused-ring (bicyclic) bond motifs is 5. The van der Waals surface area contributed by atoms with Crippen LogP contribution in [0.2, 0.25) is 0 Å². The summed E-state index contributed by atoms with van der Waals surface area (Å²) in [7, 11) is 0. The molecule has 5 rings (SSSR count). The van der Waals surface area contributed by atoms with Crippen LogP contribution in [0.1, 0.15) is 124 Å². The second-order valence-corrected chi connectivity index (χ2v) is 14.9. The van der Waals surface area contributed by atoms with E-state index in [0.29, 0.717) is 24.0 Å². The lowest BCUT2D eigenvalue weighted by atomic mass is 9.37. The van der Waals surface area contributed by atoms with Crippen molar-refractivity contribution in [2.45, 2.75) is 130 Å². The lowest BCUT2D eigenvalue weighted by molar-refractivity contribution is -0.220. The van der Waals surface area contributed by atoms with Crippen molar-refractivity contribution in [3.8, 4) is 0 Å². The first-order valence-electron chi connectivity index (χ1n) is 14.5. The van der Waals surface area contributed by atoms with Gasteiger partial charge in [0.25, 0.3) is 0 Å². The molecule has 4 saturated carbocycles. The van der Waals surface area contributed by atoms with E-state index in [1.807, 2.05) is 6.20 Å². The molecule has 4 fully saturated rings. The number of carbonyl (C=O) groups is 1. The largest absolute Gasteiger partial charge is 0.390 e. The summed E-state index contributed by atoms with van der Waals surface area (Å²) in [5, 5.41) is 15.9. The first-order valence-corrected chi connectivity index (χ1v) is 14.5. The number of hydrogen-bond acceptors (Lipinski definition) is 4. The Labute approximate surface area is 213 Å². The molecule has 2 unspecified atom stereocenters. The smallest absolute Gasteiger partial charge is 0.145 e. The van der Waals surface area contributed by atoms with Crippen molar-refractivity contribution in [1.29, 1.82) is 0 Å². The van der Waals surface area contributed by atoms with Crippen LogP contribution in [0.4, 0.5) is 0 Å². The Kier molecular flexibility index (Phi) is 5.95.